The normalized spacial score (nSPS) is 17.1. The van der Waals surface area contributed by atoms with Crippen LogP contribution in [0.4, 0.5) is 0 Å². The van der Waals surface area contributed by atoms with E-state index in [1.807, 2.05) is 6.92 Å². The van der Waals surface area contributed by atoms with Crippen LogP contribution in [0.15, 0.2) is 0 Å². The molecule has 0 aliphatic rings. The molecule has 1 N–H and O–H groups in total. The average Bonchev–Trinajstić information content (AvgIpc) is 2.23. The Labute approximate surface area is 88.9 Å². The first-order valence-electron chi connectivity index (χ1n) is 5.82. The third-order valence-electron chi connectivity index (χ3n) is 3.09. The van der Waals surface area contributed by atoms with Crippen molar-refractivity contribution in [2.75, 3.05) is 0 Å². The number of hydrogen-bond donors (Lipinski definition) is 1. The van der Waals surface area contributed by atoms with Crippen molar-refractivity contribution in [1.82, 2.24) is 0 Å². The van der Waals surface area contributed by atoms with Crippen molar-refractivity contribution in [2.24, 2.45) is 5.92 Å². The Morgan fingerprint density at radius 1 is 1.29 bits per heavy atom. The first-order valence-corrected chi connectivity index (χ1v) is 5.82. The molecule has 0 spiro atoms. The van der Waals surface area contributed by atoms with Crippen molar-refractivity contribution < 1.29 is 5.11 Å². The summed E-state index contributed by atoms with van der Waals surface area (Å²) in [7, 11) is 0. The molecule has 0 amide bonds. The molecule has 2 unspecified atom stereocenters. The van der Waals surface area contributed by atoms with Crippen LogP contribution in [-0.2, 0) is 0 Å². The van der Waals surface area contributed by atoms with Crippen molar-refractivity contribution in [1.29, 1.82) is 0 Å². The highest BCUT2D eigenvalue weighted by atomic mass is 16.3. The van der Waals surface area contributed by atoms with Gasteiger partial charge in [-0.3, -0.25) is 0 Å². The minimum Gasteiger partial charge on any atom is -0.378 e. The van der Waals surface area contributed by atoms with Gasteiger partial charge in [-0.2, -0.15) is 0 Å². The third-order valence-corrected chi connectivity index (χ3v) is 3.09. The van der Waals surface area contributed by atoms with Crippen LogP contribution in [0.2, 0.25) is 0 Å². The summed E-state index contributed by atoms with van der Waals surface area (Å²) >= 11 is 0. The van der Waals surface area contributed by atoms with Gasteiger partial charge in [-0.1, -0.05) is 46.0 Å². The van der Waals surface area contributed by atoms with Crippen LogP contribution in [0.3, 0.4) is 0 Å². The van der Waals surface area contributed by atoms with E-state index in [9.17, 15) is 5.11 Å². The number of rotatable bonds is 7. The molecular formula is C13H24O. The fourth-order valence-electron chi connectivity index (χ4n) is 1.75. The zero-order chi connectivity index (χ0) is 11.0. The molecule has 0 saturated heterocycles. The predicted octanol–water partition coefficient (Wildman–Crippen LogP) is 3.37. The molecule has 82 valence electrons. The monoisotopic (exact) mass is 196 g/mol. The van der Waals surface area contributed by atoms with Crippen LogP contribution < -0.4 is 0 Å². The molecule has 0 bridgehead atoms. The molecule has 0 aromatic rings. The maximum Gasteiger partial charge on any atom is 0.125 e. The first kappa shape index (κ1) is 13.5. The Balaban J connectivity index is 3.95. The molecule has 0 saturated carbocycles. The largest absolute Gasteiger partial charge is 0.378 e. The molecule has 0 rings (SSSR count). The molecule has 1 nitrogen and oxygen atoms in total. The third kappa shape index (κ3) is 4.67. The fraction of sp³-hybridized carbons (Fsp3) is 0.846. The lowest BCUT2D eigenvalue weighted by Crippen LogP contribution is -2.26. The summed E-state index contributed by atoms with van der Waals surface area (Å²) in [4.78, 5) is 0. The van der Waals surface area contributed by atoms with Gasteiger partial charge in [0.2, 0.25) is 0 Å². The van der Waals surface area contributed by atoms with Gasteiger partial charge in [0, 0.05) is 0 Å². The highest BCUT2D eigenvalue weighted by Gasteiger charge is 2.22. The highest BCUT2D eigenvalue weighted by Crippen LogP contribution is 2.24. The second-order valence-electron chi connectivity index (χ2n) is 4.13. The first-order chi connectivity index (χ1) is 6.61. The van der Waals surface area contributed by atoms with Crippen LogP contribution in [0, 0.1) is 18.3 Å². The summed E-state index contributed by atoms with van der Waals surface area (Å²) in [6, 6.07) is 0. The molecular weight excluding hydrogens is 172 g/mol. The molecule has 14 heavy (non-hydrogen) atoms. The summed E-state index contributed by atoms with van der Waals surface area (Å²) in [6.45, 7) is 6.36. The van der Waals surface area contributed by atoms with Crippen molar-refractivity contribution in [2.45, 2.75) is 64.9 Å². The van der Waals surface area contributed by atoms with Crippen molar-refractivity contribution in [3.05, 3.63) is 0 Å². The van der Waals surface area contributed by atoms with Crippen LogP contribution in [0.1, 0.15) is 59.3 Å². The van der Waals surface area contributed by atoms with E-state index in [4.69, 9.17) is 6.42 Å². The average molecular weight is 196 g/mol. The molecule has 0 aliphatic carbocycles. The number of hydrogen-bond acceptors (Lipinski definition) is 1. The quantitative estimate of drug-likeness (QED) is 0.619. The Kier molecular flexibility index (Phi) is 6.66. The van der Waals surface area contributed by atoms with E-state index in [1.165, 1.54) is 19.3 Å². The maximum absolute atomic E-state index is 9.91. The predicted molar refractivity (Wildman–Crippen MR) is 62.0 cm³/mol. The Bertz CT molecular complexity index is 180. The Morgan fingerprint density at radius 2 is 1.93 bits per heavy atom. The van der Waals surface area contributed by atoms with Crippen molar-refractivity contribution in [3.63, 3.8) is 0 Å². The Hall–Kier alpha value is -0.480. The van der Waals surface area contributed by atoms with Gasteiger partial charge in [-0.15, -0.1) is 6.42 Å². The van der Waals surface area contributed by atoms with Gasteiger partial charge in [0.15, 0.2) is 0 Å². The molecule has 0 aromatic carbocycles. The summed E-state index contributed by atoms with van der Waals surface area (Å²) < 4.78 is 0. The van der Waals surface area contributed by atoms with E-state index in [0.717, 1.165) is 18.8 Å². The SMILES string of the molecule is C#CC(O)(CC)CCC(CC)CCC. The van der Waals surface area contributed by atoms with E-state index in [1.54, 1.807) is 0 Å². The van der Waals surface area contributed by atoms with Gasteiger partial charge >= 0.3 is 0 Å². The summed E-state index contributed by atoms with van der Waals surface area (Å²) in [5.41, 5.74) is -0.860. The highest BCUT2D eigenvalue weighted by molar-refractivity contribution is 5.06. The lowest BCUT2D eigenvalue weighted by Gasteiger charge is -2.23. The molecule has 0 heterocycles. The summed E-state index contributed by atoms with van der Waals surface area (Å²) in [5.74, 6) is 3.23. The minimum absolute atomic E-state index is 0.659. The van der Waals surface area contributed by atoms with Gasteiger partial charge in [-0.25, -0.2) is 0 Å². The minimum atomic E-state index is -0.860. The molecule has 0 aromatic heterocycles. The number of terminal acetylenes is 1. The second kappa shape index (κ2) is 6.90. The van der Waals surface area contributed by atoms with E-state index in [0.29, 0.717) is 6.42 Å². The van der Waals surface area contributed by atoms with Crippen LogP contribution in [-0.4, -0.2) is 10.7 Å². The van der Waals surface area contributed by atoms with Gasteiger partial charge in [0.1, 0.15) is 5.60 Å². The maximum atomic E-state index is 9.91. The van der Waals surface area contributed by atoms with E-state index >= 15 is 0 Å². The molecule has 0 radical (unpaired) electrons. The lowest BCUT2D eigenvalue weighted by molar-refractivity contribution is 0.0791. The lowest BCUT2D eigenvalue weighted by atomic mass is 9.87. The van der Waals surface area contributed by atoms with Gasteiger partial charge in [0.25, 0.3) is 0 Å². The van der Waals surface area contributed by atoms with E-state index in [-0.39, 0.29) is 0 Å². The molecule has 2 atom stereocenters. The topological polar surface area (TPSA) is 20.2 Å². The van der Waals surface area contributed by atoms with E-state index in [2.05, 4.69) is 19.8 Å². The number of aliphatic hydroxyl groups is 1. The second-order valence-corrected chi connectivity index (χ2v) is 4.13. The Morgan fingerprint density at radius 3 is 2.29 bits per heavy atom. The van der Waals surface area contributed by atoms with E-state index < -0.39 is 5.60 Å². The van der Waals surface area contributed by atoms with Crippen LogP contribution >= 0.6 is 0 Å². The van der Waals surface area contributed by atoms with Gasteiger partial charge < -0.3 is 5.11 Å². The molecule has 0 aliphatic heterocycles. The standard InChI is InChI=1S/C13H24O/c1-5-9-12(6-2)10-11-13(14,7-3)8-4/h3,12,14H,5-6,8-11H2,1-2,4H3. The summed E-state index contributed by atoms with van der Waals surface area (Å²) in [5, 5.41) is 9.91. The smallest absolute Gasteiger partial charge is 0.125 e. The van der Waals surface area contributed by atoms with Gasteiger partial charge in [-0.05, 0) is 25.2 Å². The summed E-state index contributed by atoms with van der Waals surface area (Å²) in [6.07, 6.45) is 11.4. The zero-order valence-corrected chi connectivity index (χ0v) is 9.84. The van der Waals surface area contributed by atoms with Crippen molar-refractivity contribution >= 4 is 0 Å². The molecule has 1 heteroatoms. The van der Waals surface area contributed by atoms with Crippen molar-refractivity contribution in [3.8, 4) is 12.3 Å². The molecule has 0 fully saturated rings. The van der Waals surface area contributed by atoms with Gasteiger partial charge in [0.05, 0.1) is 0 Å². The van der Waals surface area contributed by atoms with Crippen LogP contribution in [0.25, 0.3) is 0 Å². The van der Waals surface area contributed by atoms with Crippen LogP contribution in [0.5, 0.6) is 0 Å². The zero-order valence-electron chi connectivity index (χ0n) is 9.84. The fourth-order valence-corrected chi connectivity index (χ4v) is 1.75.